The molecular formula is C18H27NO2. The van der Waals surface area contributed by atoms with Crippen LogP contribution in [0, 0.1) is 0 Å². The van der Waals surface area contributed by atoms with Gasteiger partial charge in [-0.1, -0.05) is 13.0 Å². The fourth-order valence-electron chi connectivity index (χ4n) is 4.28. The molecule has 0 N–H and O–H groups in total. The van der Waals surface area contributed by atoms with E-state index in [0.29, 0.717) is 5.92 Å². The second kappa shape index (κ2) is 6.27. The molecule has 2 saturated heterocycles. The molecule has 0 saturated carbocycles. The molecule has 0 amide bonds. The summed E-state index contributed by atoms with van der Waals surface area (Å²) in [6, 6.07) is 8.04. The topological polar surface area (TPSA) is 21.7 Å². The Kier molecular flexibility index (Phi) is 4.39. The highest BCUT2D eigenvalue weighted by atomic mass is 16.5. The molecule has 0 aromatic heterocycles. The van der Waals surface area contributed by atoms with E-state index in [4.69, 9.17) is 9.47 Å². The maximum Gasteiger partial charge on any atom is 0.160 e. The molecule has 3 rings (SSSR count). The van der Waals surface area contributed by atoms with Crippen LogP contribution in [0.5, 0.6) is 11.5 Å². The largest absolute Gasteiger partial charge is 0.493 e. The van der Waals surface area contributed by atoms with Gasteiger partial charge in [-0.3, -0.25) is 4.90 Å². The van der Waals surface area contributed by atoms with Crippen molar-refractivity contribution < 1.29 is 9.47 Å². The van der Waals surface area contributed by atoms with E-state index in [-0.39, 0.29) is 0 Å². The van der Waals surface area contributed by atoms with Crippen LogP contribution in [0.3, 0.4) is 0 Å². The molecule has 2 fully saturated rings. The standard InChI is InChI=1S/C18H27NO2/c1-4-9-19-15-6-7-16(19)11-14(10-15)13-5-8-17(20-2)18(12-13)21-3/h5,8,12,14-16H,4,6-7,9-11H2,1-3H3/t15-,16-/m0/s1. The lowest BCUT2D eigenvalue weighted by molar-refractivity contribution is 0.127. The highest BCUT2D eigenvalue weighted by Gasteiger charge is 2.40. The van der Waals surface area contributed by atoms with Gasteiger partial charge in [0.15, 0.2) is 11.5 Å². The van der Waals surface area contributed by atoms with Crippen LogP contribution >= 0.6 is 0 Å². The van der Waals surface area contributed by atoms with Crippen LogP contribution in [0.25, 0.3) is 0 Å². The minimum atomic E-state index is 0.676. The van der Waals surface area contributed by atoms with Gasteiger partial charge in [-0.15, -0.1) is 0 Å². The Labute approximate surface area is 128 Å². The molecule has 2 heterocycles. The maximum atomic E-state index is 5.46. The van der Waals surface area contributed by atoms with Crippen LogP contribution in [0.4, 0.5) is 0 Å². The predicted molar refractivity (Wildman–Crippen MR) is 85.3 cm³/mol. The number of hydrogen-bond donors (Lipinski definition) is 0. The van der Waals surface area contributed by atoms with Crippen LogP contribution in [-0.4, -0.2) is 37.7 Å². The third-order valence-corrected chi connectivity index (χ3v) is 5.25. The van der Waals surface area contributed by atoms with Gasteiger partial charge in [0.05, 0.1) is 14.2 Å². The van der Waals surface area contributed by atoms with Crippen molar-refractivity contribution in [1.82, 2.24) is 4.90 Å². The van der Waals surface area contributed by atoms with Crippen molar-refractivity contribution in [2.75, 3.05) is 20.8 Å². The summed E-state index contributed by atoms with van der Waals surface area (Å²) < 4.78 is 10.8. The predicted octanol–water partition coefficient (Wildman–Crippen LogP) is 3.82. The van der Waals surface area contributed by atoms with Gasteiger partial charge in [0, 0.05) is 12.1 Å². The molecule has 2 atom stereocenters. The smallest absolute Gasteiger partial charge is 0.160 e. The van der Waals surface area contributed by atoms with Gasteiger partial charge < -0.3 is 9.47 Å². The average molecular weight is 289 g/mol. The van der Waals surface area contributed by atoms with Crippen LogP contribution in [0.2, 0.25) is 0 Å². The molecule has 0 unspecified atom stereocenters. The molecule has 3 heteroatoms. The van der Waals surface area contributed by atoms with Gasteiger partial charge in [0.2, 0.25) is 0 Å². The van der Waals surface area contributed by atoms with Crippen LogP contribution in [0.1, 0.15) is 50.5 Å². The van der Waals surface area contributed by atoms with Gasteiger partial charge >= 0.3 is 0 Å². The van der Waals surface area contributed by atoms with E-state index in [2.05, 4.69) is 30.0 Å². The van der Waals surface area contributed by atoms with Crippen molar-refractivity contribution in [3.63, 3.8) is 0 Å². The van der Waals surface area contributed by atoms with E-state index >= 15 is 0 Å². The molecule has 3 nitrogen and oxygen atoms in total. The molecule has 21 heavy (non-hydrogen) atoms. The molecule has 2 aliphatic rings. The molecule has 2 bridgehead atoms. The first-order chi connectivity index (χ1) is 10.3. The molecule has 1 aromatic rings. The third kappa shape index (κ3) is 2.76. The van der Waals surface area contributed by atoms with E-state index < -0.39 is 0 Å². The van der Waals surface area contributed by atoms with Crippen LogP contribution in [0.15, 0.2) is 18.2 Å². The van der Waals surface area contributed by atoms with Crippen molar-refractivity contribution in [3.8, 4) is 11.5 Å². The van der Waals surface area contributed by atoms with Gasteiger partial charge in [-0.05, 0) is 62.3 Å². The van der Waals surface area contributed by atoms with E-state index in [1.165, 1.54) is 44.2 Å². The maximum absolute atomic E-state index is 5.46. The van der Waals surface area contributed by atoms with Crippen LogP contribution in [-0.2, 0) is 0 Å². The minimum Gasteiger partial charge on any atom is -0.493 e. The Hall–Kier alpha value is -1.22. The van der Waals surface area contributed by atoms with E-state index in [9.17, 15) is 0 Å². The first kappa shape index (κ1) is 14.7. The van der Waals surface area contributed by atoms with E-state index in [0.717, 1.165) is 23.6 Å². The first-order valence-corrected chi connectivity index (χ1v) is 8.24. The van der Waals surface area contributed by atoms with E-state index in [1.54, 1.807) is 14.2 Å². The monoisotopic (exact) mass is 289 g/mol. The molecule has 0 spiro atoms. The van der Waals surface area contributed by atoms with Crippen LogP contribution < -0.4 is 9.47 Å². The summed E-state index contributed by atoms with van der Waals surface area (Å²) in [5.74, 6) is 2.36. The molecule has 116 valence electrons. The van der Waals surface area contributed by atoms with Crippen molar-refractivity contribution in [2.24, 2.45) is 0 Å². The summed E-state index contributed by atoms with van der Waals surface area (Å²) >= 11 is 0. The third-order valence-electron chi connectivity index (χ3n) is 5.25. The number of fused-ring (bicyclic) bond motifs is 2. The molecule has 0 aliphatic carbocycles. The SMILES string of the molecule is CCCN1[C@H]2CC[C@H]1CC(c1ccc(OC)c(OC)c1)C2. The van der Waals surface area contributed by atoms with Crippen molar-refractivity contribution >= 4 is 0 Å². The Bertz CT molecular complexity index is 474. The fraction of sp³-hybridized carbons (Fsp3) is 0.667. The zero-order valence-corrected chi connectivity index (χ0v) is 13.5. The van der Waals surface area contributed by atoms with Crippen molar-refractivity contribution in [3.05, 3.63) is 23.8 Å². The lowest BCUT2D eigenvalue weighted by Gasteiger charge is -2.39. The zero-order chi connectivity index (χ0) is 14.8. The number of hydrogen-bond acceptors (Lipinski definition) is 3. The second-order valence-corrected chi connectivity index (χ2v) is 6.41. The number of ether oxygens (including phenoxy) is 2. The minimum absolute atomic E-state index is 0.676. The molecular weight excluding hydrogens is 262 g/mol. The highest BCUT2D eigenvalue weighted by Crippen LogP contribution is 2.44. The number of nitrogens with zero attached hydrogens (tertiary/aromatic N) is 1. The van der Waals surface area contributed by atoms with Gasteiger partial charge in [-0.2, -0.15) is 0 Å². The molecule has 2 aliphatic heterocycles. The zero-order valence-electron chi connectivity index (χ0n) is 13.5. The van der Waals surface area contributed by atoms with Gasteiger partial charge in [0.25, 0.3) is 0 Å². The summed E-state index contributed by atoms with van der Waals surface area (Å²) in [5, 5.41) is 0. The first-order valence-electron chi connectivity index (χ1n) is 8.24. The van der Waals surface area contributed by atoms with Gasteiger partial charge in [0.1, 0.15) is 0 Å². The summed E-state index contributed by atoms with van der Waals surface area (Å²) in [6.07, 6.45) is 6.63. The normalized spacial score (nSPS) is 28.6. The second-order valence-electron chi connectivity index (χ2n) is 6.41. The summed E-state index contributed by atoms with van der Waals surface area (Å²) in [5.41, 5.74) is 1.42. The number of piperidine rings is 1. The van der Waals surface area contributed by atoms with Crippen molar-refractivity contribution in [1.29, 1.82) is 0 Å². The Morgan fingerprint density at radius 2 is 1.71 bits per heavy atom. The summed E-state index contributed by atoms with van der Waals surface area (Å²) in [7, 11) is 3.41. The van der Waals surface area contributed by atoms with E-state index in [1.807, 2.05) is 0 Å². The molecule has 1 aromatic carbocycles. The number of rotatable bonds is 5. The number of methoxy groups -OCH3 is 2. The quantitative estimate of drug-likeness (QED) is 0.822. The fourth-order valence-corrected chi connectivity index (χ4v) is 4.28. The Balaban J connectivity index is 1.77. The lowest BCUT2D eigenvalue weighted by atomic mass is 9.85. The lowest BCUT2D eigenvalue weighted by Crippen LogP contribution is -2.42. The van der Waals surface area contributed by atoms with Crippen molar-refractivity contribution in [2.45, 2.75) is 57.0 Å². The summed E-state index contributed by atoms with van der Waals surface area (Å²) in [4.78, 5) is 2.76. The Morgan fingerprint density at radius 3 is 2.29 bits per heavy atom. The molecule has 0 radical (unpaired) electrons. The number of benzene rings is 1. The summed E-state index contributed by atoms with van der Waals surface area (Å²) in [6.45, 7) is 3.56. The average Bonchev–Trinajstić information content (AvgIpc) is 2.75. The Morgan fingerprint density at radius 1 is 1.05 bits per heavy atom. The highest BCUT2D eigenvalue weighted by molar-refractivity contribution is 5.44. The van der Waals surface area contributed by atoms with Gasteiger partial charge in [-0.25, -0.2) is 0 Å².